The Morgan fingerprint density at radius 3 is 2.21 bits per heavy atom. The van der Waals surface area contributed by atoms with E-state index in [1.807, 2.05) is 65.2 Å². The number of benzene rings is 4. The molecule has 0 aliphatic rings. The van der Waals surface area contributed by atoms with E-state index in [-0.39, 0.29) is 18.3 Å². The van der Waals surface area contributed by atoms with Gasteiger partial charge in [0.05, 0.1) is 34.8 Å². The lowest BCUT2D eigenvalue weighted by molar-refractivity contribution is -0.116. The first-order chi connectivity index (χ1) is 20.4. The zero-order chi connectivity index (χ0) is 29.1. The number of nitrogens with one attached hydrogen (secondary N) is 1. The number of nitrogens with zero attached hydrogens (tertiary/aromatic N) is 5. The summed E-state index contributed by atoms with van der Waals surface area (Å²) >= 11 is 12.1. The molecule has 2 heterocycles. The summed E-state index contributed by atoms with van der Waals surface area (Å²) in [7, 11) is 0. The van der Waals surface area contributed by atoms with Crippen molar-refractivity contribution in [2.45, 2.75) is 13.1 Å². The van der Waals surface area contributed by atoms with E-state index in [0.29, 0.717) is 33.8 Å². The Hall–Kier alpha value is -4.79. The maximum absolute atomic E-state index is 13.9. The van der Waals surface area contributed by atoms with Crippen molar-refractivity contribution in [2.75, 3.05) is 5.32 Å². The molecule has 0 saturated carbocycles. The molecule has 6 aromatic rings. The van der Waals surface area contributed by atoms with Crippen molar-refractivity contribution in [1.82, 2.24) is 24.5 Å². The predicted molar refractivity (Wildman–Crippen MR) is 163 cm³/mol. The first-order valence-electron chi connectivity index (χ1n) is 13.1. The maximum atomic E-state index is 13.9. The number of aromatic nitrogens is 5. The van der Waals surface area contributed by atoms with Gasteiger partial charge in [0, 0.05) is 21.7 Å². The monoisotopic (exact) mass is 596 g/mol. The van der Waals surface area contributed by atoms with Gasteiger partial charge in [0.25, 0.3) is 0 Å². The van der Waals surface area contributed by atoms with Crippen LogP contribution in [0.25, 0.3) is 33.9 Å². The SMILES string of the molecule is O=C(Cn1cc(Cn2c(-c3ccc(F)cc3)nc(-c3ccccc3)c2-c2ccccc2)nn1)Nc1ccc(Cl)cc1Cl. The van der Waals surface area contributed by atoms with E-state index in [2.05, 4.69) is 15.6 Å². The summed E-state index contributed by atoms with van der Waals surface area (Å²) < 4.78 is 17.4. The number of carbonyl (C=O) groups is 1. The van der Waals surface area contributed by atoms with Crippen molar-refractivity contribution < 1.29 is 9.18 Å². The molecule has 0 bridgehead atoms. The third kappa shape index (κ3) is 5.95. The highest BCUT2D eigenvalue weighted by atomic mass is 35.5. The average Bonchev–Trinajstić information content (AvgIpc) is 3.60. The molecule has 0 spiro atoms. The molecule has 0 saturated heterocycles. The molecule has 208 valence electrons. The van der Waals surface area contributed by atoms with Crippen molar-refractivity contribution in [3.05, 3.63) is 131 Å². The number of amides is 1. The van der Waals surface area contributed by atoms with E-state index in [1.165, 1.54) is 16.8 Å². The van der Waals surface area contributed by atoms with Crippen LogP contribution in [0.3, 0.4) is 0 Å². The van der Waals surface area contributed by atoms with Gasteiger partial charge in [-0.15, -0.1) is 5.10 Å². The molecule has 4 aromatic carbocycles. The molecular weight excluding hydrogens is 574 g/mol. The molecule has 10 heteroatoms. The summed E-state index contributed by atoms with van der Waals surface area (Å²) in [5, 5.41) is 12.1. The number of hydrogen-bond donors (Lipinski definition) is 1. The van der Waals surface area contributed by atoms with Gasteiger partial charge in [-0.2, -0.15) is 0 Å². The van der Waals surface area contributed by atoms with Gasteiger partial charge in [-0.05, 0) is 42.5 Å². The van der Waals surface area contributed by atoms with Crippen LogP contribution in [-0.4, -0.2) is 30.5 Å². The van der Waals surface area contributed by atoms with Gasteiger partial charge in [-0.25, -0.2) is 14.1 Å². The summed E-state index contributed by atoms with van der Waals surface area (Å²) in [5.74, 6) is 0.00329. The van der Waals surface area contributed by atoms with E-state index in [1.54, 1.807) is 36.5 Å². The second-order valence-corrected chi connectivity index (χ2v) is 10.4. The Bertz CT molecular complexity index is 1850. The largest absolute Gasteiger partial charge is 0.323 e. The van der Waals surface area contributed by atoms with Crippen LogP contribution in [0.2, 0.25) is 10.0 Å². The lowest BCUT2D eigenvalue weighted by atomic mass is 10.0. The summed E-state index contributed by atoms with van der Waals surface area (Å²) in [4.78, 5) is 17.8. The van der Waals surface area contributed by atoms with Gasteiger partial charge in [0.15, 0.2) is 0 Å². The lowest BCUT2D eigenvalue weighted by Gasteiger charge is -2.12. The van der Waals surface area contributed by atoms with E-state index in [4.69, 9.17) is 28.2 Å². The molecule has 7 nitrogen and oxygen atoms in total. The molecule has 2 aromatic heterocycles. The van der Waals surface area contributed by atoms with Crippen molar-refractivity contribution in [3.63, 3.8) is 0 Å². The highest BCUT2D eigenvalue weighted by Gasteiger charge is 2.22. The van der Waals surface area contributed by atoms with Crippen LogP contribution >= 0.6 is 23.2 Å². The standard InChI is InChI=1S/C32H23Cl2FN6O/c33-24-13-16-28(27(34)17-24)36-29(42)20-40-18-26(38-39-40)19-41-31(22-9-5-2-6-10-22)30(21-7-3-1-4-8-21)37-32(41)23-11-14-25(35)15-12-23/h1-18H,19-20H2,(H,36,42). The fraction of sp³-hybridized carbons (Fsp3) is 0.0625. The topological polar surface area (TPSA) is 77.6 Å². The fourth-order valence-corrected chi connectivity index (χ4v) is 5.15. The second kappa shape index (κ2) is 12.0. The maximum Gasteiger partial charge on any atom is 0.246 e. The molecule has 0 fully saturated rings. The number of halogens is 3. The fourth-order valence-electron chi connectivity index (χ4n) is 4.69. The zero-order valence-corrected chi connectivity index (χ0v) is 23.6. The molecule has 1 N–H and O–H groups in total. The Labute approximate surface area is 251 Å². The summed E-state index contributed by atoms with van der Waals surface area (Å²) in [6.45, 7) is 0.239. The average molecular weight is 597 g/mol. The van der Waals surface area contributed by atoms with E-state index in [0.717, 1.165) is 28.1 Å². The molecule has 0 atom stereocenters. The minimum Gasteiger partial charge on any atom is -0.323 e. The molecule has 6 rings (SSSR count). The first kappa shape index (κ1) is 27.4. The van der Waals surface area contributed by atoms with Gasteiger partial charge in [0.2, 0.25) is 5.91 Å². The van der Waals surface area contributed by atoms with Crippen LogP contribution in [-0.2, 0) is 17.9 Å². The van der Waals surface area contributed by atoms with Gasteiger partial charge < -0.3 is 9.88 Å². The Kier molecular flexibility index (Phi) is 7.81. The quantitative estimate of drug-likeness (QED) is 0.196. The van der Waals surface area contributed by atoms with Crippen LogP contribution in [0.4, 0.5) is 10.1 Å². The van der Waals surface area contributed by atoms with Crippen molar-refractivity contribution in [2.24, 2.45) is 0 Å². The Morgan fingerprint density at radius 2 is 1.52 bits per heavy atom. The molecule has 0 aliphatic carbocycles. The lowest BCUT2D eigenvalue weighted by Crippen LogP contribution is -2.19. The summed E-state index contributed by atoms with van der Waals surface area (Å²) in [5.41, 5.74) is 5.39. The van der Waals surface area contributed by atoms with Crippen LogP contribution < -0.4 is 5.32 Å². The van der Waals surface area contributed by atoms with E-state index in [9.17, 15) is 9.18 Å². The van der Waals surface area contributed by atoms with Gasteiger partial charge >= 0.3 is 0 Å². The molecular formula is C32H23Cl2FN6O. The van der Waals surface area contributed by atoms with Crippen molar-refractivity contribution in [1.29, 1.82) is 0 Å². The first-order valence-corrected chi connectivity index (χ1v) is 13.8. The van der Waals surface area contributed by atoms with Crippen LogP contribution in [0.5, 0.6) is 0 Å². The summed E-state index contributed by atoms with van der Waals surface area (Å²) in [6, 6.07) is 31.0. The van der Waals surface area contributed by atoms with E-state index >= 15 is 0 Å². The van der Waals surface area contributed by atoms with Gasteiger partial charge in [-0.3, -0.25) is 4.79 Å². The van der Waals surface area contributed by atoms with Crippen LogP contribution in [0, 0.1) is 5.82 Å². The third-order valence-electron chi connectivity index (χ3n) is 6.58. The molecule has 1 amide bonds. The van der Waals surface area contributed by atoms with Crippen molar-refractivity contribution >= 4 is 34.8 Å². The summed E-state index contributed by atoms with van der Waals surface area (Å²) in [6.07, 6.45) is 1.72. The normalized spacial score (nSPS) is 11.0. The Morgan fingerprint density at radius 1 is 0.833 bits per heavy atom. The van der Waals surface area contributed by atoms with Crippen LogP contribution in [0.1, 0.15) is 5.69 Å². The van der Waals surface area contributed by atoms with Crippen LogP contribution in [0.15, 0.2) is 109 Å². The number of carbonyl (C=O) groups excluding carboxylic acids is 1. The van der Waals surface area contributed by atoms with E-state index < -0.39 is 0 Å². The van der Waals surface area contributed by atoms with Gasteiger partial charge in [0.1, 0.15) is 23.9 Å². The van der Waals surface area contributed by atoms with Crippen molar-refractivity contribution in [3.8, 4) is 33.9 Å². The predicted octanol–water partition coefficient (Wildman–Crippen LogP) is 7.61. The molecule has 42 heavy (non-hydrogen) atoms. The smallest absolute Gasteiger partial charge is 0.246 e. The number of imidazole rings is 1. The Balaban J connectivity index is 1.37. The molecule has 0 radical (unpaired) electrons. The second-order valence-electron chi connectivity index (χ2n) is 9.54. The zero-order valence-electron chi connectivity index (χ0n) is 22.1. The number of hydrogen-bond acceptors (Lipinski definition) is 4. The molecule has 0 unspecified atom stereocenters. The third-order valence-corrected chi connectivity index (χ3v) is 7.13. The highest BCUT2D eigenvalue weighted by molar-refractivity contribution is 6.36. The number of anilines is 1. The highest BCUT2D eigenvalue weighted by Crippen LogP contribution is 2.36. The van der Waals surface area contributed by atoms with Gasteiger partial charge in [-0.1, -0.05) is 89.1 Å². The minimum absolute atomic E-state index is 0.0679. The number of rotatable bonds is 8. The minimum atomic E-state index is -0.329. The molecule has 0 aliphatic heterocycles.